The Morgan fingerprint density at radius 2 is 1.50 bits per heavy atom. The molecule has 8 heteroatoms. The van der Waals surface area contributed by atoms with Gasteiger partial charge in [-0.15, -0.1) is 5.10 Å². The van der Waals surface area contributed by atoms with E-state index in [1.165, 1.54) is 0 Å². The lowest BCUT2D eigenvalue weighted by Crippen LogP contribution is -1.96. The highest BCUT2D eigenvalue weighted by Crippen LogP contribution is 2.34. The molecule has 0 atom stereocenters. The molecule has 0 N–H and O–H groups in total. The van der Waals surface area contributed by atoms with E-state index in [9.17, 15) is 0 Å². The van der Waals surface area contributed by atoms with Crippen LogP contribution in [0.3, 0.4) is 0 Å². The first-order valence-electron chi connectivity index (χ1n) is 8.65. The van der Waals surface area contributed by atoms with E-state index in [-0.39, 0.29) is 0 Å². The maximum absolute atomic E-state index is 5.28. The molecule has 5 rings (SSSR count). The summed E-state index contributed by atoms with van der Waals surface area (Å²) in [6, 6.07) is 15.7. The molecule has 2 aromatic carbocycles. The zero-order valence-electron chi connectivity index (χ0n) is 15.3. The summed E-state index contributed by atoms with van der Waals surface area (Å²) in [5.74, 6) is 1.60. The second-order valence-electron chi connectivity index (χ2n) is 6.23. The molecule has 0 radical (unpaired) electrons. The smallest absolute Gasteiger partial charge is 0.192 e. The van der Waals surface area contributed by atoms with Crippen LogP contribution in [0.4, 0.5) is 0 Å². The van der Waals surface area contributed by atoms with Crippen molar-refractivity contribution in [2.24, 2.45) is 0 Å². The van der Waals surface area contributed by atoms with Crippen molar-refractivity contribution in [2.75, 3.05) is 14.2 Å². The highest BCUT2D eigenvalue weighted by atomic mass is 16.5. The second kappa shape index (κ2) is 6.34. The minimum absolute atomic E-state index is 0.656. The van der Waals surface area contributed by atoms with E-state index in [0.717, 1.165) is 39.3 Å². The zero-order chi connectivity index (χ0) is 19.1. The summed E-state index contributed by atoms with van der Waals surface area (Å²) in [6.07, 6.45) is 3.67. The molecule has 0 fully saturated rings. The number of methoxy groups -OCH3 is 2. The first kappa shape index (κ1) is 16.2. The van der Waals surface area contributed by atoms with E-state index < -0.39 is 0 Å². The highest BCUT2D eigenvalue weighted by molar-refractivity contribution is 6.03. The number of hydrogen-bond donors (Lipinski definition) is 0. The van der Waals surface area contributed by atoms with E-state index in [0.29, 0.717) is 5.65 Å². The Balaban J connectivity index is 1.79. The van der Waals surface area contributed by atoms with Gasteiger partial charge in [0.1, 0.15) is 17.8 Å². The molecule has 0 amide bonds. The zero-order valence-corrected chi connectivity index (χ0v) is 15.3. The van der Waals surface area contributed by atoms with Crippen LogP contribution in [0.15, 0.2) is 61.1 Å². The van der Waals surface area contributed by atoms with Crippen LogP contribution < -0.4 is 9.47 Å². The number of aromatic nitrogens is 6. The number of rotatable bonds is 4. The molecule has 28 heavy (non-hydrogen) atoms. The molecule has 8 nitrogen and oxygen atoms in total. The van der Waals surface area contributed by atoms with E-state index in [1.54, 1.807) is 25.1 Å². The van der Waals surface area contributed by atoms with Gasteiger partial charge in [-0.05, 0) is 52.4 Å². The fourth-order valence-electron chi connectivity index (χ4n) is 3.32. The fourth-order valence-corrected chi connectivity index (χ4v) is 3.32. The lowest BCUT2D eigenvalue weighted by Gasteiger charge is -2.06. The minimum Gasteiger partial charge on any atom is -0.497 e. The lowest BCUT2D eigenvalue weighted by atomic mass is 10.1. The average Bonchev–Trinajstić information content (AvgIpc) is 3.38. The molecule has 0 spiro atoms. The molecule has 0 bridgehead atoms. The number of tetrazole rings is 1. The third-order valence-electron chi connectivity index (χ3n) is 4.74. The summed E-state index contributed by atoms with van der Waals surface area (Å²) in [6.45, 7) is 0. The van der Waals surface area contributed by atoms with Crippen molar-refractivity contribution in [3.63, 3.8) is 0 Å². The maximum Gasteiger partial charge on any atom is 0.192 e. The molecule has 0 aliphatic rings. The van der Waals surface area contributed by atoms with Crippen molar-refractivity contribution < 1.29 is 9.47 Å². The first-order valence-corrected chi connectivity index (χ1v) is 8.65. The van der Waals surface area contributed by atoms with Crippen LogP contribution in [0.1, 0.15) is 0 Å². The number of fused-ring (bicyclic) bond motifs is 3. The molecule has 0 aliphatic heterocycles. The van der Waals surface area contributed by atoms with Crippen molar-refractivity contribution >= 4 is 16.7 Å². The number of benzene rings is 2. The van der Waals surface area contributed by atoms with Crippen LogP contribution in [0, 0.1) is 0 Å². The van der Waals surface area contributed by atoms with Crippen LogP contribution in [0.25, 0.3) is 33.5 Å². The molecule has 0 saturated heterocycles. The van der Waals surface area contributed by atoms with E-state index >= 15 is 0 Å². The van der Waals surface area contributed by atoms with Gasteiger partial charge in [-0.3, -0.25) is 0 Å². The normalized spacial score (nSPS) is 11.2. The molecule has 0 unspecified atom stereocenters. The first-order chi connectivity index (χ1) is 13.8. The SMILES string of the molecule is COc1ccc(-c2cn(-c3ccc(OC)cc3)c3ncn4nnnc4c23)cc1. The van der Waals surface area contributed by atoms with Gasteiger partial charge in [0.05, 0.1) is 19.6 Å². The van der Waals surface area contributed by atoms with Gasteiger partial charge in [0, 0.05) is 17.4 Å². The van der Waals surface area contributed by atoms with Gasteiger partial charge < -0.3 is 14.0 Å². The summed E-state index contributed by atoms with van der Waals surface area (Å²) < 4.78 is 14.2. The van der Waals surface area contributed by atoms with Crippen LogP contribution in [-0.2, 0) is 0 Å². The van der Waals surface area contributed by atoms with Gasteiger partial charge in [0.25, 0.3) is 0 Å². The van der Waals surface area contributed by atoms with Gasteiger partial charge in [-0.1, -0.05) is 12.1 Å². The maximum atomic E-state index is 5.28. The standard InChI is InChI=1S/C20H16N6O2/c1-27-15-7-3-13(4-8-15)17-11-25(14-5-9-16(28-2)10-6-14)19-18(17)20-22-23-24-26(20)12-21-19/h3-12H,1-2H3. The highest BCUT2D eigenvalue weighted by Gasteiger charge is 2.18. The molecule has 5 aromatic rings. The molecule has 0 aliphatic carbocycles. The van der Waals surface area contributed by atoms with Gasteiger partial charge in [0.15, 0.2) is 11.3 Å². The van der Waals surface area contributed by atoms with Crippen molar-refractivity contribution in [1.82, 2.24) is 29.6 Å². The van der Waals surface area contributed by atoms with Crippen molar-refractivity contribution in [2.45, 2.75) is 0 Å². The summed E-state index contributed by atoms with van der Waals surface area (Å²) >= 11 is 0. The van der Waals surface area contributed by atoms with E-state index in [2.05, 4.69) is 26.7 Å². The molecule has 3 heterocycles. The molecular formula is C20H16N6O2. The van der Waals surface area contributed by atoms with Crippen molar-refractivity contribution in [3.8, 4) is 28.3 Å². The Kier molecular flexibility index (Phi) is 3.68. The largest absolute Gasteiger partial charge is 0.497 e. The van der Waals surface area contributed by atoms with Crippen LogP contribution in [0.2, 0.25) is 0 Å². The Morgan fingerprint density at radius 3 is 2.18 bits per heavy atom. The number of nitrogens with zero attached hydrogens (tertiary/aromatic N) is 6. The molecular weight excluding hydrogens is 356 g/mol. The summed E-state index contributed by atoms with van der Waals surface area (Å²) in [5, 5.41) is 12.9. The summed E-state index contributed by atoms with van der Waals surface area (Å²) in [4.78, 5) is 4.61. The van der Waals surface area contributed by atoms with Crippen molar-refractivity contribution in [1.29, 1.82) is 0 Å². The van der Waals surface area contributed by atoms with Crippen LogP contribution >= 0.6 is 0 Å². The fraction of sp³-hybridized carbons (Fsp3) is 0.100. The molecule has 3 aromatic heterocycles. The average molecular weight is 372 g/mol. The summed E-state index contributed by atoms with van der Waals surface area (Å²) in [7, 11) is 3.30. The topological polar surface area (TPSA) is 79.4 Å². The van der Waals surface area contributed by atoms with Gasteiger partial charge >= 0.3 is 0 Å². The Labute approximate surface area is 160 Å². The van der Waals surface area contributed by atoms with E-state index in [4.69, 9.17) is 9.47 Å². The second-order valence-corrected chi connectivity index (χ2v) is 6.23. The predicted octanol–water partition coefficient (Wildman–Crippen LogP) is 3.15. The lowest BCUT2D eigenvalue weighted by molar-refractivity contribution is 0.414. The minimum atomic E-state index is 0.656. The predicted molar refractivity (Wildman–Crippen MR) is 104 cm³/mol. The van der Waals surface area contributed by atoms with Crippen LogP contribution in [-0.4, -0.2) is 43.8 Å². The number of hydrogen-bond acceptors (Lipinski definition) is 6. The Morgan fingerprint density at radius 1 is 0.821 bits per heavy atom. The van der Waals surface area contributed by atoms with Crippen molar-refractivity contribution in [3.05, 3.63) is 61.1 Å². The van der Waals surface area contributed by atoms with Gasteiger partial charge in [-0.2, -0.15) is 4.52 Å². The third kappa shape index (κ3) is 2.46. The van der Waals surface area contributed by atoms with Gasteiger partial charge in [-0.25, -0.2) is 4.98 Å². The van der Waals surface area contributed by atoms with E-state index in [1.807, 2.05) is 53.1 Å². The molecule has 0 saturated carbocycles. The van der Waals surface area contributed by atoms with Crippen LogP contribution in [0.5, 0.6) is 11.5 Å². The molecule has 138 valence electrons. The quantitative estimate of drug-likeness (QED) is 0.482. The Bertz CT molecular complexity index is 1270. The van der Waals surface area contributed by atoms with Gasteiger partial charge in [0.2, 0.25) is 0 Å². The number of ether oxygens (including phenoxy) is 2. The summed E-state index contributed by atoms with van der Waals surface area (Å²) in [5.41, 5.74) is 4.41. The third-order valence-corrected chi connectivity index (χ3v) is 4.74. The monoisotopic (exact) mass is 372 g/mol. The Hall–Kier alpha value is -3.94.